The van der Waals surface area contributed by atoms with E-state index in [1.807, 2.05) is 36.1 Å². The molecule has 0 saturated heterocycles. The predicted octanol–water partition coefficient (Wildman–Crippen LogP) is 3.44. The molecule has 2 heterocycles. The molecule has 0 fully saturated rings. The fourth-order valence-electron chi connectivity index (χ4n) is 3.32. The first-order valence-corrected chi connectivity index (χ1v) is 10.9. The molecule has 3 aromatic rings. The fourth-order valence-corrected chi connectivity index (χ4v) is 3.55. The lowest BCUT2D eigenvalue weighted by atomic mass is 10.1. The summed E-state index contributed by atoms with van der Waals surface area (Å²) in [7, 11) is 3.14. The molecule has 8 nitrogen and oxygen atoms in total. The van der Waals surface area contributed by atoms with Gasteiger partial charge in [-0.1, -0.05) is 0 Å². The normalized spacial score (nSPS) is 10.8. The summed E-state index contributed by atoms with van der Waals surface area (Å²) in [6, 6.07) is 9.16. The number of rotatable bonds is 11. The minimum Gasteiger partial charge on any atom is -0.493 e. The lowest BCUT2D eigenvalue weighted by Crippen LogP contribution is -2.40. The molecule has 0 bridgehead atoms. The highest BCUT2D eigenvalue weighted by Gasteiger charge is 2.16. The van der Waals surface area contributed by atoms with Gasteiger partial charge in [-0.3, -0.25) is 4.79 Å². The SMILES string of the molecule is CCOCCCNC(=S)N(Cc1ccco1)Cc1cc2cc(OC)c(OC)cc2[nH]c1=O. The van der Waals surface area contributed by atoms with Gasteiger partial charge in [-0.2, -0.15) is 0 Å². The Labute approximate surface area is 192 Å². The number of nitrogens with one attached hydrogen (secondary N) is 2. The number of ether oxygens (including phenoxy) is 3. The molecule has 172 valence electrons. The number of aromatic amines is 1. The summed E-state index contributed by atoms with van der Waals surface area (Å²) in [4.78, 5) is 17.7. The van der Waals surface area contributed by atoms with E-state index < -0.39 is 0 Å². The zero-order valence-corrected chi connectivity index (χ0v) is 19.4. The largest absolute Gasteiger partial charge is 0.493 e. The van der Waals surface area contributed by atoms with Crippen molar-refractivity contribution in [3.8, 4) is 11.5 Å². The molecule has 32 heavy (non-hydrogen) atoms. The van der Waals surface area contributed by atoms with Gasteiger partial charge in [0.25, 0.3) is 5.56 Å². The first kappa shape index (κ1) is 23.6. The maximum absolute atomic E-state index is 12.8. The van der Waals surface area contributed by atoms with Gasteiger partial charge in [0.2, 0.25) is 0 Å². The number of hydrogen-bond donors (Lipinski definition) is 2. The van der Waals surface area contributed by atoms with Crippen LogP contribution >= 0.6 is 12.2 Å². The molecule has 9 heteroatoms. The molecule has 2 aromatic heterocycles. The van der Waals surface area contributed by atoms with E-state index in [1.54, 1.807) is 26.5 Å². The third-order valence-corrected chi connectivity index (χ3v) is 5.35. The molecule has 1 aromatic carbocycles. The molecular weight excluding hydrogens is 430 g/mol. The van der Waals surface area contributed by atoms with Crippen LogP contribution in [0, 0.1) is 0 Å². The van der Waals surface area contributed by atoms with Gasteiger partial charge in [-0.05, 0) is 49.8 Å². The third-order valence-electron chi connectivity index (χ3n) is 4.95. The monoisotopic (exact) mass is 459 g/mol. The van der Waals surface area contributed by atoms with E-state index in [9.17, 15) is 4.79 Å². The maximum Gasteiger partial charge on any atom is 0.253 e. The van der Waals surface area contributed by atoms with Crippen LogP contribution in [0.25, 0.3) is 10.9 Å². The van der Waals surface area contributed by atoms with Crippen molar-refractivity contribution in [2.75, 3.05) is 34.0 Å². The van der Waals surface area contributed by atoms with E-state index in [4.69, 9.17) is 30.8 Å². The number of fused-ring (bicyclic) bond motifs is 1. The summed E-state index contributed by atoms with van der Waals surface area (Å²) in [5.74, 6) is 1.91. The quantitative estimate of drug-likeness (QED) is 0.333. The summed E-state index contributed by atoms with van der Waals surface area (Å²) < 4.78 is 21.6. The summed E-state index contributed by atoms with van der Waals surface area (Å²) in [6.45, 7) is 4.76. The van der Waals surface area contributed by atoms with Crippen LogP contribution in [0.15, 0.2) is 45.8 Å². The van der Waals surface area contributed by atoms with Crippen LogP contribution in [0.3, 0.4) is 0 Å². The Kier molecular flexibility index (Phi) is 8.52. The molecule has 3 rings (SSSR count). The highest BCUT2D eigenvalue weighted by Crippen LogP contribution is 2.31. The second-order valence-corrected chi connectivity index (χ2v) is 7.52. The third kappa shape index (κ3) is 6.02. The van der Waals surface area contributed by atoms with E-state index in [2.05, 4.69) is 10.3 Å². The van der Waals surface area contributed by atoms with Crippen molar-refractivity contribution >= 4 is 28.2 Å². The van der Waals surface area contributed by atoms with Crippen molar-refractivity contribution in [2.24, 2.45) is 0 Å². The second-order valence-electron chi connectivity index (χ2n) is 7.14. The number of aromatic nitrogens is 1. The van der Waals surface area contributed by atoms with Gasteiger partial charge in [-0.25, -0.2) is 0 Å². The zero-order valence-electron chi connectivity index (χ0n) is 18.6. The summed E-state index contributed by atoms with van der Waals surface area (Å²) >= 11 is 5.62. The van der Waals surface area contributed by atoms with Crippen LogP contribution in [0.2, 0.25) is 0 Å². The first-order valence-electron chi connectivity index (χ1n) is 10.5. The van der Waals surface area contributed by atoms with Crippen LogP contribution in [-0.4, -0.2) is 49.0 Å². The summed E-state index contributed by atoms with van der Waals surface area (Å²) in [5.41, 5.74) is 1.06. The Hall–Kier alpha value is -3.04. The Morgan fingerprint density at radius 2 is 1.97 bits per heavy atom. The highest BCUT2D eigenvalue weighted by molar-refractivity contribution is 7.80. The van der Waals surface area contributed by atoms with Crippen LogP contribution in [0.4, 0.5) is 0 Å². The zero-order chi connectivity index (χ0) is 22.9. The van der Waals surface area contributed by atoms with Crippen molar-refractivity contribution in [3.05, 3.63) is 58.3 Å². The minimum atomic E-state index is -0.187. The number of nitrogens with zero attached hydrogens (tertiary/aromatic N) is 1. The lowest BCUT2D eigenvalue weighted by molar-refractivity contribution is 0.145. The van der Waals surface area contributed by atoms with Gasteiger partial charge in [-0.15, -0.1) is 0 Å². The Bertz CT molecular complexity index is 1080. The number of thiocarbonyl (C=S) groups is 1. The van der Waals surface area contributed by atoms with Crippen molar-refractivity contribution in [1.29, 1.82) is 0 Å². The molecule has 0 atom stereocenters. The second kappa shape index (κ2) is 11.5. The van der Waals surface area contributed by atoms with E-state index in [0.717, 1.165) is 17.6 Å². The molecule has 0 unspecified atom stereocenters. The average Bonchev–Trinajstić information content (AvgIpc) is 3.31. The van der Waals surface area contributed by atoms with Gasteiger partial charge in [0.1, 0.15) is 5.76 Å². The number of methoxy groups -OCH3 is 2. The highest BCUT2D eigenvalue weighted by atomic mass is 32.1. The smallest absolute Gasteiger partial charge is 0.253 e. The minimum absolute atomic E-state index is 0.187. The van der Waals surface area contributed by atoms with E-state index in [1.165, 1.54) is 0 Å². The van der Waals surface area contributed by atoms with Crippen molar-refractivity contribution in [2.45, 2.75) is 26.4 Å². The molecule has 0 aliphatic carbocycles. The average molecular weight is 460 g/mol. The topological polar surface area (TPSA) is 89.0 Å². The van der Waals surface area contributed by atoms with Crippen molar-refractivity contribution in [1.82, 2.24) is 15.2 Å². The number of benzene rings is 1. The number of furan rings is 1. The Morgan fingerprint density at radius 3 is 2.66 bits per heavy atom. The van der Waals surface area contributed by atoms with Crippen LogP contribution in [0.1, 0.15) is 24.7 Å². The Morgan fingerprint density at radius 1 is 1.19 bits per heavy atom. The van der Waals surface area contributed by atoms with Crippen molar-refractivity contribution in [3.63, 3.8) is 0 Å². The van der Waals surface area contributed by atoms with Crippen LogP contribution in [-0.2, 0) is 17.8 Å². The van der Waals surface area contributed by atoms with Gasteiger partial charge in [0.15, 0.2) is 16.6 Å². The molecule has 0 aliphatic heterocycles. The predicted molar refractivity (Wildman–Crippen MR) is 127 cm³/mol. The van der Waals surface area contributed by atoms with Gasteiger partial charge < -0.3 is 33.8 Å². The Balaban J connectivity index is 1.83. The van der Waals surface area contributed by atoms with E-state index in [-0.39, 0.29) is 5.56 Å². The fraction of sp³-hybridized carbons (Fsp3) is 0.391. The first-order chi connectivity index (χ1) is 15.5. The molecule has 0 amide bonds. The maximum atomic E-state index is 12.8. The van der Waals surface area contributed by atoms with Gasteiger partial charge >= 0.3 is 0 Å². The number of pyridine rings is 1. The molecule has 0 aliphatic rings. The molecule has 0 spiro atoms. The van der Waals surface area contributed by atoms with Crippen molar-refractivity contribution < 1.29 is 18.6 Å². The van der Waals surface area contributed by atoms with Crippen LogP contribution in [0.5, 0.6) is 11.5 Å². The molecule has 0 radical (unpaired) electrons. The van der Waals surface area contributed by atoms with Gasteiger partial charge in [0.05, 0.1) is 39.1 Å². The lowest BCUT2D eigenvalue weighted by Gasteiger charge is -2.25. The van der Waals surface area contributed by atoms with Gasteiger partial charge in [0, 0.05) is 36.8 Å². The van der Waals surface area contributed by atoms with E-state index >= 15 is 0 Å². The number of hydrogen-bond acceptors (Lipinski definition) is 6. The van der Waals surface area contributed by atoms with E-state index in [0.29, 0.717) is 60.5 Å². The summed E-state index contributed by atoms with van der Waals surface area (Å²) in [5, 5.41) is 4.64. The number of H-pyrrole nitrogens is 1. The molecule has 2 N–H and O–H groups in total. The van der Waals surface area contributed by atoms with Crippen LogP contribution < -0.4 is 20.3 Å². The standard InChI is InChI=1S/C23H29N3O5S/c1-4-30-9-6-8-24-23(32)26(15-18-7-5-10-31-18)14-17-11-16-12-20(28-2)21(29-3)13-19(16)25-22(17)27/h5,7,10-13H,4,6,8-9,14-15H2,1-3H3,(H,24,32)(H,25,27). The molecule has 0 saturated carbocycles. The molecular formula is C23H29N3O5S. The summed E-state index contributed by atoms with van der Waals surface area (Å²) in [6.07, 6.45) is 2.45.